The molecule has 7 heteroatoms. The van der Waals surface area contributed by atoms with Crippen LogP contribution in [0.3, 0.4) is 0 Å². The summed E-state index contributed by atoms with van der Waals surface area (Å²) >= 11 is 0. The van der Waals surface area contributed by atoms with Gasteiger partial charge in [0.25, 0.3) is 0 Å². The average Bonchev–Trinajstić information content (AvgIpc) is 3.41. The number of likely N-dealkylation sites (tertiary alicyclic amines) is 2. The van der Waals surface area contributed by atoms with Crippen LogP contribution in [0.2, 0.25) is 0 Å². The van der Waals surface area contributed by atoms with E-state index in [1.807, 2.05) is 58.8 Å². The van der Waals surface area contributed by atoms with E-state index in [0.29, 0.717) is 39.2 Å². The number of aromatic nitrogens is 2. The zero-order valence-corrected chi connectivity index (χ0v) is 18.0. The summed E-state index contributed by atoms with van der Waals surface area (Å²) in [4.78, 5) is 35.0. The van der Waals surface area contributed by atoms with Crippen LogP contribution < -0.4 is 0 Å². The van der Waals surface area contributed by atoms with Crippen molar-refractivity contribution in [2.45, 2.75) is 25.7 Å². The highest BCUT2D eigenvalue weighted by Gasteiger charge is 2.58. The predicted octanol–water partition coefficient (Wildman–Crippen LogP) is 1.76. The second-order valence-corrected chi connectivity index (χ2v) is 8.59. The predicted molar refractivity (Wildman–Crippen MR) is 113 cm³/mol. The van der Waals surface area contributed by atoms with E-state index < -0.39 is 5.41 Å². The number of hydrogen-bond acceptors (Lipinski definition) is 4. The molecule has 2 aromatic rings. The summed E-state index contributed by atoms with van der Waals surface area (Å²) < 4.78 is 7.09. The average molecular weight is 411 g/mol. The first-order valence-electron chi connectivity index (χ1n) is 10.5. The number of aryl methyl sites for hydroxylation is 2. The molecule has 7 nitrogen and oxygen atoms in total. The molecule has 0 N–H and O–H groups in total. The van der Waals surface area contributed by atoms with E-state index in [1.165, 1.54) is 0 Å². The summed E-state index contributed by atoms with van der Waals surface area (Å²) in [5.41, 5.74) is 2.45. The van der Waals surface area contributed by atoms with Gasteiger partial charge in [-0.05, 0) is 24.5 Å². The summed E-state index contributed by atoms with van der Waals surface area (Å²) in [6.45, 7) is 4.83. The Morgan fingerprint density at radius 2 is 2.13 bits per heavy atom. The number of benzene rings is 1. The van der Waals surface area contributed by atoms with Crippen molar-refractivity contribution in [3.63, 3.8) is 0 Å². The molecule has 4 rings (SSSR count). The molecule has 0 radical (unpaired) electrons. The largest absolute Gasteiger partial charge is 0.383 e. The maximum atomic E-state index is 13.5. The van der Waals surface area contributed by atoms with E-state index in [0.717, 1.165) is 23.2 Å². The van der Waals surface area contributed by atoms with Gasteiger partial charge in [-0.15, -0.1) is 0 Å². The Morgan fingerprint density at radius 3 is 2.83 bits per heavy atom. The summed E-state index contributed by atoms with van der Waals surface area (Å²) in [7, 11) is 3.58. The highest BCUT2D eigenvalue weighted by molar-refractivity contribution is 5.89. The maximum Gasteiger partial charge on any atom is 0.231 e. The fourth-order valence-corrected chi connectivity index (χ4v) is 4.92. The minimum Gasteiger partial charge on any atom is -0.383 e. The first-order valence-corrected chi connectivity index (χ1v) is 10.5. The van der Waals surface area contributed by atoms with Crippen LogP contribution in [0.25, 0.3) is 0 Å². The minimum atomic E-state index is -0.594. The lowest BCUT2D eigenvalue weighted by Crippen LogP contribution is -2.41. The van der Waals surface area contributed by atoms with Crippen LogP contribution in [0.1, 0.15) is 29.2 Å². The molecule has 1 spiro atoms. The van der Waals surface area contributed by atoms with Crippen LogP contribution in [0, 0.1) is 12.3 Å². The van der Waals surface area contributed by atoms with E-state index in [-0.39, 0.29) is 17.7 Å². The number of amides is 2. The topological polar surface area (TPSA) is 67.7 Å². The summed E-state index contributed by atoms with van der Waals surface area (Å²) in [5, 5.41) is 0. The Kier molecular flexibility index (Phi) is 5.64. The standard InChI is InChI=1S/C23H30N4O3/c1-17-6-4-5-7-18(17)12-21(28)27-13-19(20-14-25(2)16-24-20)23(15-27)8-9-26(22(23)29)10-11-30-3/h4-7,14,16,19H,8-13,15H2,1-3H3/t19-,23-/m1/s1. The van der Waals surface area contributed by atoms with Gasteiger partial charge in [-0.2, -0.15) is 0 Å². The molecule has 2 aliphatic rings. The molecule has 160 valence electrons. The molecule has 30 heavy (non-hydrogen) atoms. The molecule has 0 aliphatic carbocycles. The van der Waals surface area contributed by atoms with Crippen molar-refractivity contribution < 1.29 is 14.3 Å². The number of ether oxygens (including phenoxy) is 1. The molecule has 2 saturated heterocycles. The maximum absolute atomic E-state index is 13.5. The van der Waals surface area contributed by atoms with Crippen molar-refractivity contribution in [2.24, 2.45) is 12.5 Å². The van der Waals surface area contributed by atoms with Gasteiger partial charge in [-0.25, -0.2) is 4.98 Å². The van der Waals surface area contributed by atoms with Crippen LogP contribution in [0.5, 0.6) is 0 Å². The Morgan fingerprint density at radius 1 is 1.33 bits per heavy atom. The smallest absolute Gasteiger partial charge is 0.231 e. The van der Waals surface area contributed by atoms with Gasteiger partial charge in [0.15, 0.2) is 0 Å². The van der Waals surface area contributed by atoms with Crippen molar-refractivity contribution in [2.75, 3.05) is 39.9 Å². The Labute approximate surface area is 177 Å². The quantitative estimate of drug-likeness (QED) is 0.728. The van der Waals surface area contributed by atoms with Crippen LogP contribution in [0.4, 0.5) is 0 Å². The van der Waals surface area contributed by atoms with Gasteiger partial charge in [0.1, 0.15) is 0 Å². The lowest BCUT2D eigenvalue weighted by Gasteiger charge is -2.27. The van der Waals surface area contributed by atoms with Crippen LogP contribution in [0.15, 0.2) is 36.8 Å². The zero-order chi connectivity index (χ0) is 21.3. The van der Waals surface area contributed by atoms with Gasteiger partial charge in [0.2, 0.25) is 11.8 Å². The summed E-state index contributed by atoms with van der Waals surface area (Å²) in [5.74, 6) is 0.117. The van der Waals surface area contributed by atoms with E-state index in [1.54, 1.807) is 13.4 Å². The first kappa shape index (κ1) is 20.6. The molecule has 2 amide bonds. The van der Waals surface area contributed by atoms with Crippen molar-refractivity contribution >= 4 is 11.8 Å². The van der Waals surface area contributed by atoms with E-state index in [9.17, 15) is 9.59 Å². The minimum absolute atomic E-state index is 0.0743. The number of hydrogen-bond donors (Lipinski definition) is 0. The molecule has 3 heterocycles. The summed E-state index contributed by atoms with van der Waals surface area (Å²) in [6, 6.07) is 7.98. The van der Waals surface area contributed by atoms with Gasteiger partial charge in [-0.1, -0.05) is 24.3 Å². The molecular weight excluding hydrogens is 380 g/mol. The van der Waals surface area contributed by atoms with Gasteiger partial charge >= 0.3 is 0 Å². The first-order chi connectivity index (χ1) is 14.4. The lowest BCUT2D eigenvalue weighted by atomic mass is 9.75. The highest BCUT2D eigenvalue weighted by Crippen LogP contribution is 2.49. The number of imidazole rings is 1. The molecule has 0 unspecified atom stereocenters. The molecule has 1 aromatic carbocycles. The monoisotopic (exact) mass is 410 g/mol. The molecule has 2 atom stereocenters. The number of carbonyl (C=O) groups excluding carboxylic acids is 2. The molecule has 1 aromatic heterocycles. The third-order valence-corrected chi connectivity index (χ3v) is 6.69. The van der Waals surface area contributed by atoms with Crippen molar-refractivity contribution in [1.29, 1.82) is 0 Å². The number of rotatable bonds is 6. The zero-order valence-electron chi connectivity index (χ0n) is 18.0. The Bertz CT molecular complexity index is 940. The number of nitrogens with zero attached hydrogens (tertiary/aromatic N) is 4. The van der Waals surface area contributed by atoms with E-state index >= 15 is 0 Å². The van der Waals surface area contributed by atoms with Crippen LogP contribution in [-0.4, -0.2) is 71.1 Å². The van der Waals surface area contributed by atoms with Crippen molar-refractivity contribution in [3.8, 4) is 0 Å². The normalized spacial score (nSPS) is 23.7. The van der Waals surface area contributed by atoms with Crippen molar-refractivity contribution in [1.82, 2.24) is 19.4 Å². The third kappa shape index (κ3) is 3.62. The lowest BCUT2D eigenvalue weighted by molar-refractivity contribution is -0.137. The Balaban J connectivity index is 1.59. The molecular formula is C23H30N4O3. The molecule has 0 bridgehead atoms. The SMILES string of the molecule is COCCN1CC[C@]2(CN(C(=O)Cc3ccccc3C)C[C@@H]2c2cn(C)cn2)C1=O. The molecule has 2 fully saturated rings. The Hall–Kier alpha value is -2.67. The number of carbonyl (C=O) groups is 2. The van der Waals surface area contributed by atoms with Gasteiger partial charge in [0.05, 0.1) is 30.5 Å². The molecule has 2 aliphatic heterocycles. The van der Waals surface area contributed by atoms with Gasteiger partial charge < -0.3 is 19.1 Å². The highest BCUT2D eigenvalue weighted by atomic mass is 16.5. The van der Waals surface area contributed by atoms with Crippen LogP contribution in [-0.2, 0) is 27.8 Å². The number of methoxy groups -OCH3 is 1. The molecule has 0 saturated carbocycles. The fourth-order valence-electron chi connectivity index (χ4n) is 4.92. The van der Waals surface area contributed by atoms with Gasteiger partial charge in [0, 0.05) is 52.5 Å². The third-order valence-electron chi connectivity index (χ3n) is 6.69. The van der Waals surface area contributed by atoms with E-state index in [2.05, 4.69) is 4.98 Å². The summed E-state index contributed by atoms with van der Waals surface area (Å²) in [6.07, 6.45) is 4.85. The fraction of sp³-hybridized carbons (Fsp3) is 0.522. The second-order valence-electron chi connectivity index (χ2n) is 8.59. The van der Waals surface area contributed by atoms with E-state index in [4.69, 9.17) is 4.74 Å². The second kappa shape index (κ2) is 8.22. The van der Waals surface area contributed by atoms with Gasteiger partial charge in [-0.3, -0.25) is 9.59 Å². The van der Waals surface area contributed by atoms with Crippen LogP contribution >= 0.6 is 0 Å². The van der Waals surface area contributed by atoms with Crippen molar-refractivity contribution in [3.05, 3.63) is 53.6 Å².